The van der Waals surface area contributed by atoms with E-state index in [1.807, 2.05) is 0 Å². The second-order valence-electron chi connectivity index (χ2n) is 1.93. The molecule has 0 fully saturated rings. The van der Waals surface area contributed by atoms with E-state index < -0.39 is 10.0 Å². The molecule has 0 radical (unpaired) electrons. The molecule has 0 amide bonds. The van der Waals surface area contributed by atoms with Gasteiger partial charge in [-0.1, -0.05) is 6.58 Å². The van der Waals surface area contributed by atoms with Crippen LogP contribution in [0.25, 0.3) is 0 Å². The Kier molecular flexibility index (Phi) is 1.95. The number of sulfonamides is 1. The van der Waals surface area contributed by atoms with E-state index >= 15 is 0 Å². The van der Waals surface area contributed by atoms with Crippen LogP contribution in [-0.2, 0) is 10.0 Å². The lowest BCUT2D eigenvalue weighted by Gasteiger charge is -2.02. The van der Waals surface area contributed by atoms with Crippen molar-refractivity contribution in [2.24, 2.45) is 10.2 Å². The van der Waals surface area contributed by atoms with Crippen LogP contribution in [0.3, 0.4) is 0 Å². The van der Waals surface area contributed by atoms with Crippen molar-refractivity contribution < 1.29 is 8.42 Å². The summed E-state index contributed by atoms with van der Waals surface area (Å²) in [6, 6.07) is 0. The fourth-order valence-electron chi connectivity index (χ4n) is 0.480. The molecule has 0 spiro atoms. The Bertz CT molecular complexity index is 318. The number of rotatable bonds is 0. The molecule has 0 aromatic carbocycles. The van der Waals surface area contributed by atoms with Gasteiger partial charge in [-0.25, -0.2) is 13.6 Å². The summed E-state index contributed by atoms with van der Waals surface area (Å²) in [7, 11) is -2.05. The molecule has 5 nitrogen and oxygen atoms in total. The van der Waals surface area contributed by atoms with Gasteiger partial charge >= 0.3 is 0 Å². The van der Waals surface area contributed by atoms with Gasteiger partial charge in [0.05, 0.1) is 5.03 Å². The highest BCUT2D eigenvalue weighted by Crippen LogP contribution is 2.27. The lowest BCUT2D eigenvalue weighted by molar-refractivity contribution is 0.489. The third-order valence-corrected chi connectivity index (χ3v) is 3.31. The predicted molar refractivity (Wildman–Crippen MR) is 45.0 cm³/mol. The zero-order valence-corrected chi connectivity index (χ0v) is 7.44. The van der Waals surface area contributed by atoms with Gasteiger partial charge in [0.1, 0.15) is 0 Å². The van der Waals surface area contributed by atoms with Crippen molar-refractivity contribution in [1.82, 2.24) is 5.01 Å². The van der Waals surface area contributed by atoms with Crippen molar-refractivity contribution in [3.63, 3.8) is 0 Å². The third kappa shape index (κ3) is 1.73. The van der Waals surface area contributed by atoms with E-state index in [0.717, 1.165) is 11.8 Å². The standard InChI is InChI=1S/C4H7N3O2S2/c1-3-7(2)6-4(10-3)11(5,8)9/h1H2,2H3,(H2,5,8,9). The van der Waals surface area contributed by atoms with Gasteiger partial charge in [0, 0.05) is 7.05 Å². The van der Waals surface area contributed by atoms with Crippen LogP contribution in [0.4, 0.5) is 0 Å². The number of thioether (sulfide) groups is 1. The smallest absolute Gasteiger partial charge is 0.261 e. The average Bonchev–Trinajstić information content (AvgIpc) is 2.11. The van der Waals surface area contributed by atoms with Gasteiger partial charge in [0.25, 0.3) is 10.0 Å². The highest BCUT2D eigenvalue weighted by atomic mass is 32.3. The molecule has 0 saturated heterocycles. The van der Waals surface area contributed by atoms with Crippen molar-refractivity contribution in [1.29, 1.82) is 0 Å². The molecule has 0 atom stereocenters. The van der Waals surface area contributed by atoms with Crippen molar-refractivity contribution in [2.75, 3.05) is 7.05 Å². The molecule has 1 heterocycles. The summed E-state index contributed by atoms with van der Waals surface area (Å²) in [5.41, 5.74) is 0. The molecule has 62 valence electrons. The number of nitrogens with two attached hydrogens (primary N) is 1. The first kappa shape index (κ1) is 8.57. The molecule has 1 aliphatic rings. The highest BCUT2D eigenvalue weighted by molar-refractivity contribution is 8.36. The second kappa shape index (κ2) is 2.50. The first-order chi connectivity index (χ1) is 4.91. The van der Waals surface area contributed by atoms with E-state index in [4.69, 9.17) is 5.14 Å². The predicted octanol–water partition coefficient (Wildman–Crippen LogP) is -0.304. The number of hydrogen-bond donors (Lipinski definition) is 1. The summed E-state index contributed by atoms with van der Waals surface area (Å²) in [5, 5.41) is 10.4. The van der Waals surface area contributed by atoms with Crippen LogP contribution in [0.2, 0.25) is 0 Å². The molecule has 11 heavy (non-hydrogen) atoms. The maximum absolute atomic E-state index is 10.7. The van der Waals surface area contributed by atoms with Crippen molar-refractivity contribution in [3.05, 3.63) is 11.6 Å². The van der Waals surface area contributed by atoms with E-state index in [9.17, 15) is 8.42 Å². The molecule has 0 aromatic heterocycles. The maximum Gasteiger partial charge on any atom is 0.263 e. The summed E-state index contributed by atoms with van der Waals surface area (Å²) in [6.07, 6.45) is 0. The lowest BCUT2D eigenvalue weighted by Crippen LogP contribution is -2.19. The van der Waals surface area contributed by atoms with Crippen molar-refractivity contribution >= 4 is 26.2 Å². The minimum Gasteiger partial charge on any atom is -0.261 e. The quantitative estimate of drug-likeness (QED) is 0.573. The number of hydrazone groups is 1. The van der Waals surface area contributed by atoms with E-state index in [1.165, 1.54) is 5.01 Å². The molecule has 0 aromatic rings. The minimum atomic E-state index is -3.66. The van der Waals surface area contributed by atoms with Crippen LogP contribution in [-0.4, -0.2) is 24.9 Å². The Labute approximate surface area is 69.0 Å². The largest absolute Gasteiger partial charge is 0.263 e. The van der Waals surface area contributed by atoms with Crippen molar-refractivity contribution in [2.45, 2.75) is 0 Å². The zero-order valence-electron chi connectivity index (χ0n) is 5.81. The van der Waals surface area contributed by atoms with Crippen LogP contribution in [0.1, 0.15) is 0 Å². The topological polar surface area (TPSA) is 75.8 Å². The molecule has 0 saturated carbocycles. The third-order valence-electron chi connectivity index (χ3n) is 1.04. The van der Waals surface area contributed by atoms with Crippen LogP contribution in [0.15, 0.2) is 16.7 Å². The molecular weight excluding hydrogens is 186 g/mol. The van der Waals surface area contributed by atoms with Gasteiger partial charge in [-0.2, -0.15) is 5.10 Å². The number of primary sulfonamides is 1. The zero-order chi connectivity index (χ0) is 8.65. The van der Waals surface area contributed by atoms with Crippen LogP contribution >= 0.6 is 11.8 Å². The Morgan fingerprint density at radius 1 is 1.73 bits per heavy atom. The number of nitrogens with zero attached hydrogens (tertiary/aromatic N) is 2. The Morgan fingerprint density at radius 3 is 2.45 bits per heavy atom. The Hall–Kier alpha value is -0.530. The molecule has 7 heteroatoms. The molecule has 1 rings (SSSR count). The van der Waals surface area contributed by atoms with Gasteiger partial charge in [-0.3, -0.25) is 5.01 Å². The molecule has 0 bridgehead atoms. The molecule has 1 aliphatic heterocycles. The summed E-state index contributed by atoms with van der Waals surface area (Å²) < 4.78 is 21.3. The summed E-state index contributed by atoms with van der Waals surface area (Å²) >= 11 is 0.949. The summed E-state index contributed by atoms with van der Waals surface area (Å²) in [6.45, 7) is 3.55. The van der Waals surface area contributed by atoms with Gasteiger partial charge in [-0.05, 0) is 11.8 Å². The molecule has 0 unspecified atom stereocenters. The first-order valence-corrected chi connectivity index (χ1v) is 4.99. The molecule has 0 aliphatic carbocycles. The Balaban J connectivity index is 2.97. The SMILES string of the molecule is C=C1SC(S(N)(=O)=O)=NN1C. The normalized spacial score (nSPS) is 18.9. The summed E-state index contributed by atoms with van der Waals surface area (Å²) in [5.74, 6) is 0. The van der Waals surface area contributed by atoms with Crippen LogP contribution < -0.4 is 5.14 Å². The van der Waals surface area contributed by atoms with E-state index in [-0.39, 0.29) is 4.38 Å². The van der Waals surface area contributed by atoms with E-state index in [0.29, 0.717) is 5.03 Å². The highest BCUT2D eigenvalue weighted by Gasteiger charge is 2.24. The van der Waals surface area contributed by atoms with Gasteiger partial charge in [0.15, 0.2) is 0 Å². The second-order valence-corrected chi connectivity index (χ2v) is 4.73. The Morgan fingerprint density at radius 2 is 2.27 bits per heavy atom. The van der Waals surface area contributed by atoms with Gasteiger partial charge in [-0.15, -0.1) is 0 Å². The van der Waals surface area contributed by atoms with Crippen LogP contribution in [0, 0.1) is 0 Å². The average molecular weight is 193 g/mol. The van der Waals surface area contributed by atoms with Crippen molar-refractivity contribution in [3.8, 4) is 0 Å². The monoisotopic (exact) mass is 193 g/mol. The minimum absolute atomic E-state index is 0.106. The maximum atomic E-state index is 10.7. The van der Waals surface area contributed by atoms with E-state index in [1.54, 1.807) is 7.05 Å². The fraction of sp³-hybridized carbons (Fsp3) is 0.250. The summed E-state index contributed by atoms with van der Waals surface area (Å²) in [4.78, 5) is 0. The lowest BCUT2D eigenvalue weighted by atomic mass is 10.9. The molecule has 2 N–H and O–H groups in total. The van der Waals surface area contributed by atoms with Gasteiger partial charge in [0.2, 0.25) is 4.38 Å². The van der Waals surface area contributed by atoms with Crippen LogP contribution in [0.5, 0.6) is 0 Å². The van der Waals surface area contributed by atoms with Gasteiger partial charge < -0.3 is 0 Å². The molecular formula is C4H7N3O2S2. The fourth-order valence-corrected chi connectivity index (χ4v) is 2.01. The number of hydrogen-bond acceptors (Lipinski definition) is 5. The van der Waals surface area contributed by atoms with E-state index in [2.05, 4.69) is 11.7 Å². The first-order valence-electron chi connectivity index (χ1n) is 2.63.